The quantitative estimate of drug-likeness (QED) is 0.663. The summed E-state index contributed by atoms with van der Waals surface area (Å²) >= 11 is 8.96. The molecule has 0 saturated carbocycles. The predicted molar refractivity (Wildman–Crippen MR) is 107 cm³/mol. The third-order valence-electron chi connectivity index (χ3n) is 4.37. The number of hydrogen-bond acceptors (Lipinski definition) is 6. The van der Waals surface area contributed by atoms with E-state index in [2.05, 4.69) is 5.10 Å². The molecule has 0 spiro atoms. The molecule has 2 aliphatic heterocycles. The maximum absolute atomic E-state index is 12.9. The zero-order valence-corrected chi connectivity index (χ0v) is 16.9. The highest BCUT2D eigenvalue weighted by Gasteiger charge is 2.29. The van der Waals surface area contributed by atoms with Crippen LogP contribution in [0, 0.1) is 0 Å². The van der Waals surface area contributed by atoms with Crippen LogP contribution in [-0.2, 0) is 11.8 Å². The lowest BCUT2D eigenvalue weighted by Gasteiger charge is -2.12. The van der Waals surface area contributed by atoms with E-state index in [1.165, 1.54) is 32.7 Å². The molecule has 134 valence electrons. The van der Waals surface area contributed by atoms with E-state index in [-0.39, 0.29) is 11.5 Å². The second-order valence-corrected chi connectivity index (χ2v) is 8.53. The van der Waals surface area contributed by atoms with Crippen LogP contribution in [0.15, 0.2) is 33.0 Å². The Morgan fingerprint density at radius 1 is 1.15 bits per heavy atom. The lowest BCUT2D eigenvalue weighted by atomic mass is 10.2. The first-order valence-electron chi connectivity index (χ1n) is 7.79. The van der Waals surface area contributed by atoms with Crippen LogP contribution >= 0.6 is 34.7 Å². The predicted octanol–water partition coefficient (Wildman–Crippen LogP) is 1.41. The van der Waals surface area contributed by atoms with E-state index in [0.717, 1.165) is 15.6 Å². The van der Waals surface area contributed by atoms with Crippen molar-refractivity contribution in [3.8, 4) is 0 Å². The maximum atomic E-state index is 12.9. The third-order valence-corrected chi connectivity index (χ3v) is 7.22. The molecular weight excluding hydrogens is 392 g/mol. The van der Waals surface area contributed by atoms with Gasteiger partial charge in [0.2, 0.25) is 0 Å². The van der Waals surface area contributed by atoms with Crippen LogP contribution in [0.5, 0.6) is 0 Å². The molecule has 0 saturated heterocycles. The van der Waals surface area contributed by atoms with Crippen molar-refractivity contribution in [1.82, 2.24) is 9.58 Å². The lowest BCUT2D eigenvalue weighted by molar-refractivity contribution is -0.123. The molecule has 26 heavy (non-hydrogen) atoms. The Balaban J connectivity index is 2.00. The number of halogens is 1. The maximum Gasteiger partial charge on any atom is 0.278 e. The van der Waals surface area contributed by atoms with Crippen LogP contribution in [0.1, 0.15) is 6.92 Å². The molecule has 1 amide bonds. The number of amides is 1. The Bertz CT molecular complexity index is 1180. The summed E-state index contributed by atoms with van der Waals surface area (Å²) in [7, 11) is 5.21. The van der Waals surface area contributed by atoms with Gasteiger partial charge in [-0.25, -0.2) is 5.01 Å². The number of aromatic nitrogens is 1. The van der Waals surface area contributed by atoms with Gasteiger partial charge in [-0.2, -0.15) is 5.10 Å². The third kappa shape index (κ3) is 2.44. The number of thiazole rings is 1. The number of rotatable bonds is 0. The first kappa shape index (κ1) is 17.4. The summed E-state index contributed by atoms with van der Waals surface area (Å²) in [5.74, 6) is -0.196. The zero-order valence-electron chi connectivity index (χ0n) is 14.5. The van der Waals surface area contributed by atoms with Gasteiger partial charge >= 0.3 is 0 Å². The highest BCUT2D eigenvalue weighted by molar-refractivity contribution is 8.08. The van der Waals surface area contributed by atoms with Gasteiger partial charge in [0.15, 0.2) is 0 Å². The van der Waals surface area contributed by atoms with E-state index in [4.69, 9.17) is 11.6 Å². The van der Waals surface area contributed by atoms with Crippen molar-refractivity contribution in [3.63, 3.8) is 0 Å². The molecule has 0 aliphatic carbocycles. The molecule has 0 unspecified atom stereocenters. The molecule has 6 nitrogen and oxygen atoms in total. The van der Waals surface area contributed by atoms with Gasteiger partial charge in [0.05, 0.1) is 17.0 Å². The van der Waals surface area contributed by atoms with E-state index < -0.39 is 0 Å². The molecule has 3 heterocycles. The van der Waals surface area contributed by atoms with Gasteiger partial charge in [0.25, 0.3) is 11.5 Å². The molecule has 0 atom stereocenters. The summed E-state index contributed by atoms with van der Waals surface area (Å²) < 4.78 is 2.75. The minimum Gasteiger partial charge on any atom is -0.337 e. The van der Waals surface area contributed by atoms with Crippen molar-refractivity contribution in [2.45, 2.75) is 11.8 Å². The van der Waals surface area contributed by atoms with Gasteiger partial charge in [-0.15, -0.1) is 11.3 Å². The fraction of sp³-hybridized carbons (Fsp3) is 0.235. The van der Waals surface area contributed by atoms with Crippen molar-refractivity contribution >= 4 is 62.6 Å². The van der Waals surface area contributed by atoms with Crippen LogP contribution in [0.2, 0.25) is 5.02 Å². The van der Waals surface area contributed by atoms with Crippen LogP contribution in [-0.4, -0.2) is 35.3 Å². The SMILES string of the molecule is CC1=NN(C)C(=O)/C1=c1/s/c(=C2\Sc3ccc(Cl)cc3N2C)c(=O)n1C. The van der Waals surface area contributed by atoms with Crippen LogP contribution in [0.3, 0.4) is 0 Å². The second-order valence-electron chi connectivity index (χ2n) is 6.07. The number of benzene rings is 1. The zero-order chi connectivity index (χ0) is 18.7. The number of hydrogen-bond donors (Lipinski definition) is 0. The standard InChI is InChI=1S/C17H15ClN4O2S2/c1-8-12(14(23)22(4)19-8)16-21(3)15(24)13(26-16)17-20(2)10-7-9(18)5-6-11(10)25-17/h5-7H,1-4H3/b16-12+,17-13-. The van der Waals surface area contributed by atoms with Crippen molar-refractivity contribution < 1.29 is 4.79 Å². The average Bonchev–Trinajstić information content (AvgIpc) is 3.15. The fourth-order valence-electron chi connectivity index (χ4n) is 3.01. The van der Waals surface area contributed by atoms with E-state index in [1.54, 1.807) is 21.0 Å². The van der Waals surface area contributed by atoms with Gasteiger partial charge in [0.1, 0.15) is 14.2 Å². The molecule has 1 aromatic carbocycles. The number of hydrazone groups is 1. The molecule has 1 aromatic heterocycles. The van der Waals surface area contributed by atoms with Crippen molar-refractivity contribution in [3.05, 3.63) is 42.8 Å². The van der Waals surface area contributed by atoms with Gasteiger partial charge in [-0.05, 0) is 25.1 Å². The topological polar surface area (TPSA) is 57.9 Å². The number of anilines is 1. The first-order chi connectivity index (χ1) is 12.3. The summed E-state index contributed by atoms with van der Waals surface area (Å²) in [6.07, 6.45) is 0. The number of carbonyl (C=O) groups is 1. The number of carbonyl (C=O) groups excluding carboxylic acids is 1. The van der Waals surface area contributed by atoms with Gasteiger partial charge in [-0.3, -0.25) is 9.59 Å². The Hall–Kier alpha value is -2.03. The molecule has 2 aliphatic rings. The summed E-state index contributed by atoms with van der Waals surface area (Å²) in [6.45, 7) is 1.78. The monoisotopic (exact) mass is 406 g/mol. The van der Waals surface area contributed by atoms with E-state index >= 15 is 0 Å². The molecule has 0 bridgehead atoms. The highest BCUT2D eigenvalue weighted by Crippen LogP contribution is 2.46. The molecule has 4 rings (SSSR count). The number of nitrogens with zero attached hydrogens (tertiary/aromatic N) is 4. The number of fused-ring (bicyclic) bond motifs is 1. The molecule has 0 fully saturated rings. The number of thioether (sulfide) groups is 1. The molecule has 9 heteroatoms. The van der Waals surface area contributed by atoms with Crippen LogP contribution < -0.4 is 19.7 Å². The highest BCUT2D eigenvalue weighted by atomic mass is 35.5. The molecular formula is C17H15ClN4O2S2. The Labute approximate surface area is 162 Å². The van der Waals surface area contributed by atoms with Crippen molar-refractivity contribution in [2.24, 2.45) is 12.1 Å². The first-order valence-corrected chi connectivity index (χ1v) is 9.80. The Morgan fingerprint density at radius 2 is 1.88 bits per heavy atom. The van der Waals surface area contributed by atoms with E-state index in [0.29, 0.717) is 25.5 Å². The summed E-state index contributed by atoms with van der Waals surface area (Å²) in [5, 5.41) is 6.97. The fourth-order valence-corrected chi connectivity index (χ4v) is 5.69. The molecule has 0 N–H and O–H groups in total. The van der Waals surface area contributed by atoms with Gasteiger partial charge < -0.3 is 9.47 Å². The lowest BCUT2D eigenvalue weighted by Crippen LogP contribution is -2.33. The summed E-state index contributed by atoms with van der Waals surface area (Å²) in [5.41, 5.74) is 1.95. The molecule has 0 radical (unpaired) electrons. The smallest absolute Gasteiger partial charge is 0.278 e. The van der Waals surface area contributed by atoms with E-state index in [9.17, 15) is 9.59 Å². The van der Waals surface area contributed by atoms with Crippen LogP contribution in [0.25, 0.3) is 10.6 Å². The normalized spacial score (nSPS) is 20.8. The van der Waals surface area contributed by atoms with Crippen LogP contribution in [0.4, 0.5) is 5.69 Å². The van der Waals surface area contributed by atoms with Crippen molar-refractivity contribution in [1.29, 1.82) is 0 Å². The average molecular weight is 407 g/mol. The summed E-state index contributed by atoms with van der Waals surface area (Å²) in [4.78, 5) is 28.3. The van der Waals surface area contributed by atoms with E-state index in [1.807, 2.05) is 30.1 Å². The Morgan fingerprint density at radius 3 is 2.54 bits per heavy atom. The molecule has 2 aromatic rings. The second kappa shape index (κ2) is 6.00. The Kier molecular flexibility index (Phi) is 4.02. The minimum atomic E-state index is -0.196. The van der Waals surface area contributed by atoms with Gasteiger partial charge in [0, 0.05) is 31.1 Å². The van der Waals surface area contributed by atoms with Gasteiger partial charge in [-0.1, -0.05) is 23.4 Å². The summed E-state index contributed by atoms with van der Waals surface area (Å²) in [6, 6.07) is 5.67. The van der Waals surface area contributed by atoms with Crippen molar-refractivity contribution in [2.75, 3.05) is 19.0 Å². The largest absolute Gasteiger partial charge is 0.337 e. The minimum absolute atomic E-state index is 0.124.